The number of benzene rings is 2. The Hall–Kier alpha value is -2.33. The van der Waals surface area contributed by atoms with Gasteiger partial charge in [-0.15, -0.1) is 0 Å². The van der Waals surface area contributed by atoms with Crippen LogP contribution in [0.15, 0.2) is 54.6 Å². The van der Waals surface area contributed by atoms with Gasteiger partial charge in [0.05, 0.1) is 12.6 Å². The molecule has 0 unspecified atom stereocenters. The summed E-state index contributed by atoms with van der Waals surface area (Å²) in [5, 5.41) is 5.79. The Morgan fingerprint density at radius 2 is 1.76 bits per heavy atom. The topological polar surface area (TPSA) is 50.4 Å². The van der Waals surface area contributed by atoms with Gasteiger partial charge in [0.25, 0.3) is 0 Å². The molecule has 4 nitrogen and oxygen atoms in total. The van der Waals surface area contributed by atoms with Gasteiger partial charge in [-0.1, -0.05) is 48.5 Å². The molecule has 2 N–H and O–H groups in total. The lowest BCUT2D eigenvalue weighted by Gasteiger charge is -2.16. The maximum atomic E-state index is 12.1. The molecule has 0 aliphatic heterocycles. The van der Waals surface area contributed by atoms with Gasteiger partial charge in [0, 0.05) is 18.4 Å². The molecular weight excluding hydrogens is 264 g/mol. The zero-order valence-electron chi connectivity index (χ0n) is 12.3. The Kier molecular flexibility index (Phi) is 5.35. The van der Waals surface area contributed by atoms with E-state index < -0.39 is 0 Å². The van der Waals surface area contributed by atoms with Gasteiger partial charge in [-0.05, 0) is 18.6 Å². The molecule has 110 valence electrons. The molecule has 0 fully saturated rings. The molecule has 2 aromatic rings. The fourth-order valence-corrected chi connectivity index (χ4v) is 2.10. The van der Waals surface area contributed by atoms with Crippen molar-refractivity contribution in [3.63, 3.8) is 0 Å². The van der Waals surface area contributed by atoms with Crippen molar-refractivity contribution in [1.82, 2.24) is 5.32 Å². The summed E-state index contributed by atoms with van der Waals surface area (Å²) in [6.07, 6.45) is 0. The van der Waals surface area contributed by atoms with Crippen LogP contribution in [0.2, 0.25) is 0 Å². The average molecular weight is 284 g/mol. The summed E-state index contributed by atoms with van der Waals surface area (Å²) in [5.74, 6) is 0. The largest absolute Gasteiger partial charge is 0.380 e. The smallest absolute Gasteiger partial charge is 0.319 e. The molecule has 0 saturated carbocycles. The van der Waals surface area contributed by atoms with E-state index >= 15 is 0 Å². The van der Waals surface area contributed by atoms with E-state index in [0.29, 0.717) is 6.61 Å². The zero-order valence-corrected chi connectivity index (χ0v) is 12.3. The van der Waals surface area contributed by atoms with Crippen molar-refractivity contribution in [3.8, 4) is 0 Å². The normalized spacial score (nSPS) is 11.7. The van der Waals surface area contributed by atoms with Crippen LogP contribution in [0.25, 0.3) is 0 Å². The number of hydrogen-bond acceptors (Lipinski definition) is 2. The molecular formula is C17H20N2O2. The van der Waals surface area contributed by atoms with Crippen LogP contribution in [0.3, 0.4) is 0 Å². The van der Waals surface area contributed by atoms with E-state index in [1.165, 1.54) is 0 Å². The van der Waals surface area contributed by atoms with Crippen molar-refractivity contribution in [2.45, 2.75) is 19.6 Å². The van der Waals surface area contributed by atoms with Crippen molar-refractivity contribution in [1.29, 1.82) is 0 Å². The number of urea groups is 1. The highest BCUT2D eigenvalue weighted by Crippen LogP contribution is 2.16. The molecule has 0 aliphatic rings. The summed E-state index contributed by atoms with van der Waals surface area (Å²) < 4.78 is 5.13. The number of ether oxygens (including phenoxy) is 1. The van der Waals surface area contributed by atoms with E-state index in [1.807, 2.05) is 61.5 Å². The Morgan fingerprint density at radius 3 is 2.48 bits per heavy atom. The lowest BCUT2D eigenvalue weighted by atomic mass is 10.1. The summed E-state index contributed by atoms with van der Waals surface area (Å²) in [7, 11) is 1.63. The molecule has 0 bridgehead atoms. The van der Waals surface area contributed by atoms with E-state index in [1.54, 1.807) is 7.11 Å². The van der Waals surface area contributed by atoms with Crippen molar-refractivity contribution < 1.29 is 9.53 Å². The minimum atomic E-state index is -0.227. The van der Waals surface area contributed by atoms with Crippen molar-refractivity contribution in [3.05, 3.63) is 65.7 Å². The molecule has 2 rings (SSSR count). The number of nitrogens with one attached hydrogen (secondary N) is 2. The summed E-state index contributed by atoms with van der Waals surface area (Å²) in [5.41, 5.74) is 2.78. The second kappa shape index (κ2) is 7.45. The van der Waals surface area contributed by atoms with Crippen molar-refractivity contribution in [2.75, 3.05) is 12.4 Å². The highest BCUT2D eigenvalue weighted by molar-refractivity contribution is 5.90. The first kappa shape index (κ1) is 15.1. The van der Waals surface area contributed by atoms with Gasteiger partial charge >= 0.3 is 6.03 Å². The van der Waals surface area contributed by atoms with E-state index in [-0.39, 0.29) is 12.1 Å². The van der Waals surface area contributed by atoms with Crippen LogP contribution in [0.4, 0.5) is 10.5 Å². The Bertz CT molecular complexity index is 584. The monoisotopic (exact) mass is 284 g/mol. The number of rotatable bonds is 5. The highest BCUT2D eigenvalue weighted by Gasteiger charge is 2.10. The SMILES string of the molecule is COCc1ccccc1NC(=O)N[C@H](C)c1ccccc1. The van der Waals surface area contributed by atoms with Gasteiger partial charge < -0.3 is 15.4 Å². The van der Waals surface area contributed by atoms with Crippen LogP contribution in [0, 0.1) is 0 Å². The van der Waals surface area contributed by atoms with Gasteiger partial charge in [0.15, 0.2) is 0 Å². The molecule has 2 aromatic carbocycles. The molecule has 0 radical (unpaired) electrons. The van der Waals surface area contributed by atoms with Gasteiger partial charge in [-0.25, -0.2) is 4.79 Å². The maximum Gasteiger partial charge on any atom is 0.319 e. The van der Waals surface area contributed by atoms with Gasteiger partial charge in [-0.2, -0.15) is 0 Å². The second-order valence-corrected chi connectivity index (χ2v) is 4.82. The molecule has 0 spiro atoms. The minimum Gasteiger partial charge on any atom is -0.380 e. The quantitative estimate of drug-likeness (QED) is 0.879. The van der Waals surface area contributed by atoms with Crippen LogP contribution in [0.1, 0.15) is 24.1 Å². The number of amides is 2. The molecule has 2 amide bonds. The van der Waals surface area contributed by atoms with Crippen LogP contribution < -0.4 is 10.6 Å². The third kappa shape index (κ3) is 4.33. The van der Waals surface area contributed by atoms with Crippen molar-refractivity contribution >= 4 is 11.7 Å². The van der Waals surface area contributed by atoms with Crippen molar-refractivity contribution in [2.24, 2.45) is 0 Å². The third-order valence-electron chi connectivity index (χ3n) is 3.21. The molecule has 0 saturated heterocycles. The van der Waals surface area contributed by atoms with E-state index in [2.05, 4.69) is 10.6 Å². The highest BCUT2D eigenvalue weighted by atomic mass is 16.5. The lowest BCUT2D eigenvalue weighted by molar-refractivity contribution is 0.185. The number of para-hydroxylation sites is 1. The molecule has 21 heavy (non-hydrogen) atoms. The average Bonchev–Trinajstić information content (AvgIpc) is 2.50. The number of methoxy groups -OCH3 is 1. The first-order valence-electron chi connectivity index (χ1n) is 6.90. The van der Waals surface area contributed by atoms with E-state index in [9.17, 15) is 4.79 Å². The summed E-state index contributed by atoms with van der Waals surface area (Å²) in [4.78, 5) is 12.1. The summed E-state index contributed by atoms with van der Waals surface area (Å²) in [6, 6.07) is 17.2. The molecule has 0 aromatic heterocycles. The van der Waals surface area contributed by atoms with Crippen LogP contribution in [-0.4, -0.2) is 13.1 Å². The lowest BCUT2D eigenvalue weighted by Crippen LogP contribution is -2.31. The first-order chi connectivity index (χ1) is 10.2. The Labute approximate surface area is 125 Å². The predicted molar refractivity (Wildman–Crippen MR) is 84.2 cm³/mol. The first-order valence-corrected chi connectivity index (χ1v) is 6.90. The zero-order chi connectivity index (χ0) is 15.1. The Morgan fingerprint density at radius 1 is 1.10 bits per heavy atom. The predicted octanol–water partition coefficient (Wildman–Crippen LogP) is 3.72. The van der Waals surface area contributed by atoms with Gasteiger partial charge in [0.2, 0.25) is 0 Å². The number of carbonyl (C=O) groups excluding carboxylic acids is 1. The fourth-order valence-electron chi connectivity index (χ4n) is 2.10. The summed E-state index contributed by atoms with van der Waals surface area (Å²) in [6.45, 7) is 2.42. The van der Waals surface area contributed by atoms with Crippen LogP contribution in [0.5, 0.6) is 0 Å². The minimum absolute atomic E-state index is 0.0548. The molecule has 4 heteroatoms. The molecule has 0 heterocycles. The number of carbonyl (C=O) groups is 1. The maximum absolute atomic E-state index is 12.1. The Balaban J connectivity index is 1.99. The number of hydrogen-bond donors (Lipinski definition) is 2. The molecule has 1 atom stereocenters. The standard InChI is InChI=1S/C17H20N2O2/c1-13(14-8-4-3-5-9-14)18-17(20)19-16-11-7-6-10-15(16)12-21-2/h3-11,13H,12H2,1-2H3,(H2,18,19,20)/t13-/m1/s1. The number of anilines is 1. The van der Waals surface area contributed by atoms with E-state index in [0.717, 1.165) is 16.8 Å². The van der Waals surface area contributed by atoms with Gasteiger partial charge in [-0.3, -0.25) is 0 Å². The summed E-state index contributed by atoms with van der Waals surface area (Å²) >= 11 is 0. The third-order valence-corrected chi connectivity index (χ3v) is 3.21. The molecule has 0 aliphatic carbocycles. The fraction of sp³-hybridized carbons (Fsp3) is 0.235. The second-order valence-electron chi connectivity index (χ2n) is 4.82. The van der Waals surface area contributed by atoms with Crippen LogP contribution in [-0.2, 0) is 11.3 Å². The van der Waals surface area contributed by atoms with Gasteiger partial charge in [0.1, 0.15) is 0 Å². The van der Waals surface area contributed by atoms with E-state index in [4.69, 9.17) is 4.74 Å². The van der Waals surface area contributed by atoms with Crippen LogP contribution >= 0.6 is 0 Å².